The zero-order valence-electron chi connectivity index (χ0n) is 37.4. The smallest absolute Gasteiger partial charge is 0.249 e. The molecule has 1 aliphatic rings. The molecule has 1 aliphatic heterocycles. The molecular formula is C48H93NO9. The van der Waals surface area contributed by atoms with Crippen LogP contribution >= 0.6 is 0 Å². The molecule has 0 spiro atoms. The summed E-state index contributed by atoms with van der Waals surface area (Å²) in [6.45, 7) is 3.62. The molecule has 10 nitrogen and oxygen atoms in total. The standard InChI is InChI=1S/C48H93NO9/c1-3-5-7-9-11-13-15-17-18-19-20-21-22-23-25-27-29-31-33-35-37-42(52)47(56)49-40(39-57-48-46(55)45(54)44(53)43(38-50)58-48)41(51)36-34-32-30-28-26-24-16-14-12-10-8-6-4-2/h34,36,40-46,48,50-55H,3-33,35,37-39H2,1-2H3,(H,49,56)/b36-34+/t40-,41+,42+,43+,44-,45-,46+,48+/m0/s1. The lowest BCUT2D eigenvalue weighted by Gasteiger charge is -2.40. The van der Waals surface area contributed by atoms with Crippen LogP contribution in [0.3, 0.4) is 0 Å². The van der Waals surface area contributed by atoms with E-state index in [1.165, 1.54) is 161 Å². The van der Waals surface area contributed by atoms with Gasteiger partial charge in [-0.15, -0.1) is 0 Å². The van der Waals surface area contributed by atoms with Gasteiger partial charge in [-0.25, -0.2) is 0 Å². The molecule has 0 aromatic heterocycles. The minimum absolute atomic E-state index is 0.301. The van der Waals surface area contributed by atoms with Crippen molar-refractivity contribution < 1.29 is 44.9 Å². The highest BCUT2D eigenvalue weighted by molar-refractivity contribution is 5.80. The van der Waals surface area contributed by atoms with Crippen molar-refractivity contribution in [1.29, 1.82) is 0 Å². The molecule has 1 amide bonds. The van der Waals surface area contributed by atoms with E-state index in [9.17, 15) is 35.4 Å². The number of unbranched alkanes of at least 4 members (excludes halogenated alkanes) is 30. The highest BCUT2D eigenvalue weighted by Crippen LogP contribution is 2.23. The maximum absolute atomic E-state index is 13.0. The van der Waals surface area contributed by atoms with Gasteiger partial charge in [-0.3, -0.25) is 4.79 Å². The Morgan fingerprint density at radius 3 is 1.40 bits per heavy atom. The van der Waals surface area contributed by atoms with Crippen LogP contribution in [0.5, 0.6) is 0 Å². The van der Waals surface area contributed by atoms with Crippen molar-refractivity contribution in [2.75, 3.05) is 13.2 Å². The van der Waals surface area contributed by atoms with E-state index >= 15 is 0 Å². The van der Waals surface area contributed by atoms with E-state index in [-0.39, 0.29) is 6.61 Å². The molecule has 344 valence electrons. The summed E-state index contributed by atoms with van der Waals surface area (Å²) < 4.78 is 11.1. The lowest BCUT2D eigenvalue weighted by molar-refractivity contribution is -0.302. The summed E-state index contributed by atoms with van der Waals surface area (Å²) in [5.41, 5.74) is 0. The number of allylic oxidation sites excluding steroid dienone is 1. The van der Waals surface area contributed by atoms with Crippen molar-refractivity contribution in [3.63, 3.8) is 0 Å². The average molecular weight is 828 g/mol. The van der Waals surface area contributed by atoms with Gasteiger partial charge in [0.05, 0.1) is 25.4 Å². The van der Waals surface area contributed by atoms with Crippen molar-refractivity contribution in [3.8, 4) is 0 Å². The van der Waals surface area contributed by atoms with Crippen LogP contribution in [0.2, 0.25) is 0 Å². The highest BCUT2D eigenvalue weighted by atomic mass is 16.7. The van der Waals surface area contributed by atoms with Gasteiger partial charge in [0.2, 0.25) is 5.91 Å². The van der Waals surface area contributed by atoms with E-state index in [1.54, 1.807) is 6.08 Å². The number of carbonyl (C=O) groups excluding carboxylic acids is 1. The predicted molar refractivity (Wildman–Crippen MR) is 237 cm³/mol. The van der Waals surface area contributed by atoms with E-state index in [0.717, 1.165) is 44.9 Å². The van der Waals surface area contributed by atoms with Crippen LogP contribution in [0.25, 0.3) is 0 Å². The van der Waals surface area contributed by atoms with Crippen LogP contribution in [0.4, 0.5) is 0 Å². The number of hydrogen-bond donors (Lipinski definition) is 7. The van der Waals surface area contributed by atoms with Gasteiger partial charge >= 0.3 is 0 Å². The first-order valence-corrected chi connectivity index (χ1v) is 24.5. The Balaban J connectivity index is 2.34. The minimum atomic E-state index is -1.61. The minimum Gasteiger partial charge on any atom is -0.394 e. The fourth-order valence-corrected chi connectivity index (χ4v) is 7.93. The average Bonchev–Trinajstić information content (AvgIpc) is 3.22. The second kappa shape index (κ2) is 38.8. The lowest BCUT2D eigenvalue weighted by Crippen LogP contribution is -2.60. The van der Waals surface area contributed by atoms with Crippen LogP contribution in [0.15, 0.2) is 12.2 Å². The van der Waals surface area contributed by atoms with Crippen molar-refractivity contribution >= 4 is 5.91 Å². The van der Waals surface area contributed by atoms with Gasteiger partial charge in [0, 0.05) is 0 Å². The second-order valence-corrected chi connectivity index (χ2v) is 17.4. The summed E-state index contributed by atoms with van der Waals surface area (Å²) in [5.74, 6) is -0.613. The second-order valence-electron chi connectivity index (χ2n) is 17.4. The predicted octanol–water partition coefficient (Wildman–Crippen LogP) is 9.48. The first-order chi connectivity index (χ1) is 28.3. The topological polar surface area (TPSA) is 169 Å². The highest BCUT2D eigenvalue weighted by Gasteiger charge is 2.44. The summed E-state index contributed by atoms with van der Waals surface area (Å²) in [4.78, 5) is 13.0. The molecule has 0 aromatic rings. The monoisotopic (exact) mass is 828 g/mol. The molecule has 0 bridgehead atoms. The van der Waals surface area contributed by atoms with Gasteiger partial charge in [0.15, 0.2) is 6.29 Å². The largest absolute Gasteiger partial charge is 0.394 e. The SMILES string of the molecule is CCCCCCCCCCCCC/C=C/[C@@H](O)[C@H](CO[C@@H]1O[C@H](CO)[C@H](O)[C@H](O)[C@H]1O)NC(=O)[C@H](O)CCCCCCCCCCCCCCCCCCCCCC. The fourth-order valence-electron chi connectivity index (χ4n) is 7.93. The third kappa shape index (κ3) is 28.4. The number of ether oxygens (including phenoxy) is 2. The molecule has 1 fully saturated rings. The number of aliphatic hydroxyl groups excluding tert-OH is 6. The first kappa shape index (κ1) is 54.9. The quantitative estimate of drug-likeness (QED) is 0.0235. The number of hydrogen-bond acceptors (Lipinski definition) is 9. The lowest BCUT2D eigenvalue weighted by atomic mass is 9.99. The van der Waals surface area contributed by atoms with Crippen molar-refractivity contribution in [2.45, 2.75) is 275 Å². The molecule has 10 heteroatoms. The van der Waals surface area contributed by atoms with Crippen LogP contribution in [-0.4, -0.2) is 98.7 Å². The zero-order chi connectivity index (χ0) is 42.5. The third-order valence-corrected chi connectivity index (χ3v) is 12.0. The molecule has 1 saturated heterocycles. The Morgan fingerprint density at radius 2 is 0.983 bits per heavy atom. The van der Waals surface area contributed by atoms with Crippen molar-refractivity contribution in [1.82, 2.24) is 5.32 Å². The molecular weight excluding hydrogens is 735 g/mol. The van der Waals surface area contributed by atoms with E-state index < -0.39 is 61.5 Å². The normalized spacial score (nSPS) is 21.4. The molecule has 0 unspecified atom stereocenters. The van der Waals surface area contributed by atoms with E-state index in [2.05, 4.69) is 19.2 Å². The maximum Gasteiger partial charge on any atom is 0.249 e. The molecule has 0 aliphatic carbocycles. The Bertz CT molecular complexity index is 937. The molecule has 0 radical (unpaired) electrons. The van der Waals surface area contributed by atoms with E-state index in [1.807, 2.05) is 6.08 Å². The molecule has 1 rings (SSSR count). The zero-order valence-corrected chi connectivity index (χ0v) is 37.4. The van der Waals surface area contributed by atoms with Gasteiger partial charge in [-0.05, 0) is 19.3 Å². The number of carbonyl (C=O) groups is 1. The fraction of sp³-hybridized carbons (Fsp3) is 0.938. The Labute approximate surface area is 355 Å². The van der Waals surface area contributed by atoms with Crippen LogP contribution < -0.4 is 5.32 Å². The molecule has 1 heterocycles. The maximum atomic E-state index is 13.0. The molecule has 58 heavy (non-hydrogen) atoms. The number of nitrogens with one attached hydrogen (secondary N) is 1. The summed E-state index contributed by atoms with van der Waals surface area (Å²) in [7, 11) is 0. The summed E-state index contributed by atoms with van der Waals surface area (Å²) >= 11 is 0. The molecule has 7 N–H and O–H groups in total. The van der Waals surface area contributed by atoms with E-state index in [4.69, 9.17) is 9.47 Å². The van der Waals surface area contributed by atoms with Crippen LogP contribution in [0, 0.1) is 0 Å². The van der Waals surface area contributed by atoms with Gasteiger partial charge in [-0.1, -0.05) is 219 Å². The Morgan fingerprint density at radius 1 is 0.586 bits per heavy atom. The Kier molecular flexibility index (Phi) is 36.7. The van der Waals surface area contributed by atoms with Gasteiger partial charge in [-0.2, -0.15) is 0 Å². The first-order valence-electron chi connectivity index (χ1n) is 24.5. The van der Waals surface area contributed by atoms with Gasteiger partial charge < -0.3 is 45.4 Å². The van der Waals surface area contributed by atoms with Crippen LogP contribution in [0.1, 0.15) is 226 Å². The van der Waals surface area contributed by atoms with Crippen molar-refractivity contribution in [2.24, 2.45) is 0 Å². The van der Waals surface area contributed by atoms with Crippen LogP contribution in [-0.2, 0) is 14.3 Å². The van der Waals surface area contributed by atoms with E-state index in [0.29, 0.717) is 6.42 Å². The Hall–Kier alpha value is -1.11. The summed E-state index contributed by atoms with van der Waals surface area (Å²) in [6, 6.07) is -0.974. The van der Waals surface area contributed by atoms with Gasteiger partial charge in [0.1, 0.15) is 30.5 Å². The summed E-state index contributed by atoms with van der Waals surface area (Å²) in [5, 5.41) is 64.7. The summed E-state index contributed by atoms with van der Waals surface area (Å²) in [6.07, 6.45) is 34.4. The molecule has 8 atom stereocenters. The molecule has 0 aromatic carbocycles. The molecule has 0 saturated carbocycles. The number of amides is 1. The van der Waals surface area contributed by atoms with Gasteiger partial charge in [0.25, 0.3) is 0 Å². The number of rotatable bonds is 41. The number of aliphatic hydroxyl groups is 6. The van der Waals surface area contributed by atoms with Crippen molar-refractivity contribution in [3.05, 3.63) is 12.2 Å². The third-order valence-electron chi connectivity index (χ3n) is 12.0.